The fourth-order valence-corrected chi connectivity index (χ4v) is 4.41. The number of piperidine rings is 2. The summed E-state index contributed by atoms with van der Waals surface area (Å²) in [6.45, 7) is 7.44. The Morgan fingerprint density at radius 1 is 1.28 bits per heavy atom. The highest BCUT2D eigenvalue weighted by Crippen LogP contribution is 2.26. The average molecular weight is 399 g/mol. The number of pyridine rings is 1. The first-order chi connectivity index (χ1) is 14.0. The molecule has 2 aliphatic heterocycles. The van der Waals surface area contributed by atoms with E-state index in [2.05, 4.69) is 15.5 Å². The summed E-state index contributed by atoms with van der Waals surface area (Å²) in [7, 11) is 0. The van der Waals surface area contributed by atoms with Crippen molar-refractivity contribution in [3.8, 4) is 0 Å². The molecular formula is C21H29N5O3. The van der Waals surface area contributed by atoms with E-state index >= 15 is 0 Å². The van der Waals surface area contributed by atoms with Gasteiger partial charge in [-0.25, -0.2) is 0 Å². The SMILES string of the molecule is Cc1nc(C2CCN(C(=O)c3c(C)ccn(CC4CCCNC4)c3=O)CC2)no1. The van der Waals surface area contributed by atoms with Crippen molar-refractivity contribution in [1.82, 2.24) is 24.9 Å². The molecule has 8 heteroatoms. The second-order valence-corrected chi connectivity index (χ2v) is 8.28. The van der Waals surface area contributed by atoms with E-state index < -0.39 is 0 Å². The lowest BCUT2D eigenvalue weighted by Gasteiger charge is -2.31. The van der Waals surface area contributed by atoms with Crippen LogP contribution in [0.2, 0.25) is 0 Å². The molecule has 4 heterocycles. The predicted octanol–water partition coefficient (Wildman–Crippen LogP) is 1.87. The summed E-state index contributed by atoms with van der Waals surface area (Å²) in [4.78, 5) is 32.4. The van der Waals surface area contributed by atoms with Gasteiger partial charge in [0.25, 0.3) is 11.5 Å². The van der Waals surface area contributed by atoms with Gasteiger partial charge in [0.05, 0.1) is 0 Å². The summed E-state index contributed by atoms with van der Waals surface area (Å²) < 4.78 is 6.79. The number of aryl methyl sites for hydroxylation is 2. The van der Waals surface area contributed by atoms with E-state index in [1.807, 2.05) is 19.2 Å². The van der Waals surface area contributed by atoms with Crippen LogP contribution >= 0.6 is 0 Å². The zero-order valence-electron chi connectivity index (χ0n) is 17.2. The van der Waals surface area contributed by atoms with Gasteiger partial charge in [0.1, 0.15) is 5.56 Å². The van der Waals surface area contributed by atoms with Gasteiger partial charge in [-0.1, -0.05) is 5.16 Å². The number of carbonyl (C=O) groups is 1. The Morgan fingerprint density at radius 2 is 2.07 bits per heavy atom. The van der Waals surface area contributed by atoms with Crippen LogP contribution in [0, 0.1) is 19.8 Å². The molecule has 156 valence electrons. The molecule has 4 rings (SSSR count). The summed E-state index contributed by atoms with van der Waals surface area (Å²) in [5.74, 6) is 1.75. The van der Waals surface area contributed by atoms with E-state index in [1.54, 1.807) is 16.4 Å². The first-order valence-electron chi connectivity index (χ1n) is 10.5. The maximum atomic E-state index is 13.2. The molecule has 2 aromatic rings. The molecule has 1 unspecified atom stereocenters. The van der Waals surface area contributed by atoms with E-state index in [9.17, 15) is 9.59 Å². The molecule has 0 spiro atoms. The summed E-state index contributed by atoms with van der Waals surface area (Å²) in [5, 5.41) is 7.40. The molecule has 29 heavy (non-hydrogen) atoms. The monoisotopic (exact) mass is 399 g/mol. The standard InChI is InChI=1S/C21H29N5O3/c1-14-5-9-26(13-16-4-3-8-22-12-16)21(28)18(14)20(27)25-10-6-17(7-11-25)19-23-15(2)29-24-19/h5,9,16-17,22H,3-4,6-8,10-13H2,1-2H3. The smallest absolute Gasteiger partial charge is 0.263 e. The van der Waals surface area contributed by atoms with Crippen molar-refractivity contribution in [2.45, 2.75) is 52.0 Å². The Kier molecular flexibility index (Phi) is 5.80. The average Bonchev–Trinajstić information content (AvgIpc) is 3.17. The summed E-state index contributed by atoms with van der Waals surface area (Å²) in [5.41, 5.74) is 0.885. The molecule has 0 saturated carbocycles. The molecule has 1 atom stereocenters. The third kappa shape index (κ3) is 4.27. The molecule has 2 aromatic heterocycles. The van der Waals surface area contributed by atoms with Crippen LogP contribution in [0.25, 0.3) is 0 Å². The number of hydrogen-bond donors (Lipinski definition) is 1. The van der Waals surface area contributed by atoms with Gasteiger partial charge in [0.2, 0.25) is 5.89 Å². The van der Waals surface area contributed by atoms with Gasteiger partial charge < -0.3 is 19.3 Å². The van der Waals surface area contributed by atoms with E-state index in [4.69, 9.17) is 4.52 Å². The molecule has 0 radical (unpaired) electrons. The molecule has 1 N–H and O–H groups in total. The van der Waals surface area contributed by atoms with Crippen molar-refractivity contribution < 1.29 is 9.32 Å². The lowest BCUT2D eigenvalue weighted by molar-refractivity contribution is 0.0707. The number of rotatable bonds is 4. The molecule has 0 bridgehead atoms. The number of amides is 1. The van der Waals surface area contributed by atoms with E-state index in [-0.39, 0.29) is 17.4 Å². The Morgan fingerprint density at radius 3 is 2.72 bits per heavy atom. The molecule has 0 aromatic carbocycles. The quantitative estimate of drug-likeness (QED) is 0.844. The fraction of sp³-hybridized carbons (Fsp3) is 0.619. The van der Waals surface area contributed by atoms with Crippen molar-refractivity contribution in [3.05, 3.63) is 45.5 Å². The zero-order chi connectivity index (χ0) is 20.4. The Bertz CT molecular complexity index is 921. The second-order valence-electron chi connectivity index (χ2n) is 8.28. The van der Waals surface area contributed by atoms with E-state index in [1.165, 1.54) is 0 Å². The highest BCUT2D eigenvalue weighted by Gasteiger charge is 2.29. The Labute approximate surface area is 170 Å². The minimum Gasteiger partial charge on any atom is -0.340 e. The molecule has 8 nitrogen and oxygen atoms in total. The molecule has 1 amide bonds. The van der Waals surface area contributed by atoms with Gasteiger partial charge >= 0.3 is 0 Å². The van der Waals surface area contributed by atoms with Gasteiger partial charge in [-0.2, -0.15) is 4.98 Å². The highest BCUT2D eigenvalue weighted by molar-refractivity contribution is 5.95. The lowest BCUT2D eigenvalue weighted by Crippen LogP contribution is -2.42. The number of aromatic nitrogens is 3. The first kappa shape index (κ1) is 19.8. The third-order valence-corrected chi connectivity index (χ3v) is 6.13. The third-order valence-electron chi connectivity index (χ3n) is 6.13. The first-order valence-corrected chi connectivity index (χ1v) is 10.5. The predicted molar refractivity (Wildman–Crippen MR) is 108 cm³/mol. The van der Waals surface area contributed by atoms with Crippen molar-refractivity contribution in [2.24, 2.45) is 5.92 Å². The second kappa shape index (κ2) is 8.49. The lowest BCUT2D eigenvalue weighted by atomic mass is 9.95. The van der Waals surface area contributed by atoms with Crippen molar-refractivity contribution >= 4 is 5.91 Å². The molecular weight excluding hydrogens is 370 g/mol. The van der Waals surface area contributed by atoms with Crippen molar-refractivity contribution in [1.29, 1.82) is 0 Å². The summed E-state index contributed by atoms with van der Waals surface area (Å²) >= 11 is 0. The van der Waals surface area contributed by atoms with Gasteiger partial charge in [0, 0.05) is 38.7 Å². The fourth-order valence-electron chi connectivity index (χ4n) is 4.41. The Hall–Kier alpha value is -2.48. The minimum atomic E-state index is -0.170. The normalized spacial score (nSPS) is 20.8. The number of carbonyl (C=O) groups excluding carboxylic acids is 1. The van der Waals surface area contributed by atoms with Crippen LogP contribution in [0.1, 0.15) is 59.2 Å². The van der Waals surface area contributed by atoms with Gasteiger partial charge in [0.15, 0.2) is 5.82 Å². The van der Waals surface area contributed by atoms with Gasteiger partial charge in [-0.3, -0.25) is 9.59 Å². The largest absolute Gasteiger partial charge is 0.340 e. The van der Waals surface area contributed by atoms with E-state index in [0.717, 1.165) is 44.3 Å². The minimum absolute atomic E-state index is 0.161. The number of nitrogens with one attached hydrogen (secondary N) is 1. The number of likely N-dealkylation sites (tertiary alicyclic amines) is 1. The van der Waals surface area contributed by atoms with Crippen LogP contribution in [0.3, 0.4) is 0 Å². The van der Waals surface area contributed by atoms with Crippen LogP contribution in [0.5, 0.6) is 0 Å². The van der Waals surface area contributed by atoms with E-state index in [0.29, 0.717) is 42.8 Å². The Balaban J connectivity index is 1.47. The number of nitrogens with zero attached hydrogens (tertiary/aromatic N) is 4. The molecule has 2 aliphatic rings. The van der Waals surface area contributed by atoms with Crippen LogP contribution < -0.4 is 10.9 Å². The van der Waals surface area contributed by atoms with Crippen LogP contribution in [0.15, 0.2) is 21.6 Å². The van der Waals surface area contributed by atoms with Gasteiger partial charge in [-0.05, 0) is 63.2 Å². The number of hydrogen-bond acceptors (Lipinski definition) is 6. The zero-order valence-corrected chi connectivity index (χ0v) is 17.2. The topological polar surface area (TPSA) is 93.3 Å². The molecule has 2 saturated heterocycles. The van der Waals surface area contributed by atoms with Crippen molar-refractivity contribution in [2.75, 3.05) is 26.2 Å². The molecule has 2 fully saturated rings. The molecule has 0 aliphatic carbocycles. The van der Waals surface area contributed by atoms with Crippen LogP contribution in [-0.2, 0) is 6.54 Å². The van der Waals surface area contributed by atoms with Crippen molar-refractivity contribution in [3.63, 3.8) is 0 Å². The highest BCUT2D eigenvalue weighted by atomic mass is 16.5. The van der Waals surface area contributed by atoms with Gasteiger partial charge in [-0.15, -0.1) is 0 Å². The van der Waals surface area contributed by atoms with Crippen LogP contribution in [-0.4, -0.2) is 51.7 Å². The van der Waals surface area contributed by atoms with Crippen LogP contribution in [0.4, 0.5) is 0 Å². The maximum absolute atomic E-state index is 13.2. The summed E-state index contributed by atoms with van der Waals surface area (Å²) in [6, 6.07) is 1.89. The maximum Gasteiger partial charge on any atom is 0.263 e. The summed E-state index contributed by atoms with van der Waals surface area (Å²) in [6.07, 6.45) is 5.62.